The highest BCUT2D eigenvalue weighted by atomic mass is 32.2. The van der Waals surface area contributed by atoms with Crippen LogP contribution in [0.3, 0.4) is 0 Å². The topological polar surface area (TPSA) is 87.2 Å². The molecule has 0 saturated carbocycles. The van der Waals surface area contributed by atoms with E-state index in [0.717, 1.165) is 0 Å². The Balaban J connectivity index is 3.37. The molecule has 1 heterocycles. The third kappa shape index (κ3) is 1.86. The number of aromatic amines is 1. The van der Waals surface area contributed by atoms with Crippen molar-refractivity contribution in [1.82, 2.24) is 9.97 Å². The van der Waals surface area contributed by atoms with Gasteiger partial charge < -0.3 is 5.32 Å². The zero-order chi connectivity index (χ0) is 9.84. The molecule has 1 rings (SSSR count). The number of nitrogens with one attached hydrogen (secondary N) is 2. The number of rotatable bonds is 3. The summed E-state index contributed by atoms with van der Waals surface area (Å²) in [6.07, 6.45) is 1.77. The summed E-state index contributed by atoms with van der Waals surface area (Å²) in [5.41, 5.74) is -0.751. The number of hydrogen-bond donors (Lipinski definition) is 2. The Bertz CT molecular complexity index is 375. The van der Waals surface area contributed by atoms with Crippen molar-refractivity contribution in [3.63, 3.8) is 0 Å². The van der Waals surface area contributed by atoms with Crippen molar-refractivity contribution >= 4 is 23.3 Å². The van der Waals surface area contributed by atoms with Crippen LogP contribution in [0.4, 0.5) is 11.5 Å². The molecule has 2 N–H and O–H groups in total. The van der Waals surface area contributed by atoms with Crippen LogP contribution in [0.25, 0.3) is 0 Å². The summed E-state index contributed by atoms with van der Waals surface area (Å²) in [6, 6.07) is 0. The fourth-order valence-corrected chi connectivity index (χ4v) is 1.18. The standard InChI is InChI=1S/C6H8N4O2S/c1-7-4-3(10-12)5(11)9-6(8-4)13-2/h1-2H3,(H2,7,8,9,11). The van der Waals surface area contributed by atoms with Crippen LogP contribution in [0.2, 0.25) is 0 Å². The summed E-state index contributed by atoms with van der Waals surface area (Å²) in [4.78, 5) is 27.8. The Morgan fingerprint density at radius 3 is 2.77 bits per heavy atom. The van der Waals surface area contributed by atoms with Crippen LogP contribution in [0.5, 0.6) is 0 Å². The molecule has 7 heteroatoms. The van der Waals surface area contributed by atoms with Crippen LogP contribution in [0.1, 0.15) is 0 Å². The third-order valence-electron chi connectivity index (χ3n) is 1.39. The highest BCUT2D eigenvalue weighted by Crippen LogP contribution is 2.18. The minimum Gasteiger partial charge on any atom is -0.371 e. The van der Waals surface area contributed by atoms with Crippen molar-refractivity contribution < 1.29 is 0 Å². The van der Waals surface area contributed by atoms with Gasteiger partial charge in [0.05, 0.1) is 0 Å². The molecule has 0 unspecified atom stereocenters. The van der Waals surface area contributed by atoms with Gasteiger partial charge in [0.1, 0.15) is 0 Å². The Hall–Kier alpha value is -1.37. The Morgan fingerprint density at radius 2 is 2.31 bits per heavy atom. The van der Waals surface area contributed by atoms with Gasteiger partial charge in [-0.15, -0.1) is 4.91 Å². The Labute approximate surface area is 78.1 Å². The molecule has 0 aliphatic heterocycles. The molecular formula is C6H8N4O2S. The number of anilines is 1. The van der Waals surface area contributed by atoms with E-state index in [-0.39, 0.29) is 11.5 Å². The maximum Gasteiger partial charge on any atom is 0.283 e. The van der Waals surface area contributed by atoms with Crippen LogP contribution < -0.4 is 10.9 Å². The lowest BCUT2D eigenvalue weighted by Crippen LogP contribution is -2.11. The van der Waals surface area contributed by atoms with Gasteiger partial charge in [-0.1, -0.05) is 11.8 Å². The van der Waals surface area contributed by atoms with Crippen molar-refractivity contribution in [3.8, 4) is 0 Å². The Kier molecular flexibility index (Phi) is 3.02. The maximum absolute atomic E-state index is 11.2. The van der Waals surface area contributed by atoms with Gasteiger partial charge in [-0.25, -0.2) is 4.98 Å². The number of nitrogens with zero attached hydrogens (tertiary/aromatic N) is 2. The van der Waals surface area contributed by atoms with Crippen molar-refractivity contribution in [1.29, 1.82) is 0 Å². The number of thioether (sulfide) groups is 1. The monoisotopic (exact) mass is 200 g/mol. The molecule has 0 spiro atoms. The molecular weight excluding hydrogens is 192 g/mol. The van der Waals surface area contributed by atoms with Crippen LogP contribution in [-0.2, 0) is 0 Å². The molecule has 0 aliphatic rings. The number of nitroso groups, excluding NO2 is 1. The van der Waals surface area contributed by atoms with E-state index in [9.17, 15) is 9.70 Å². The summed E-state index contributed by atoms with van der Waals surface area (Å²) < 4.78 is 0. The van der Waals surface area contributed by atoms with Crippen LogP contribution in [0, 0.1) is 4.91 Å². The Morgan fingerprint density at radius 1 is 1.62 bits per heavy atom. The van der Waals surface area contributed by atoms with Gasteiger partial charge in [-0.3, -0.25) is 9.78 Å². The fourth-order valence-electron chi connectivity index (χ4n) is 0.802. The van der Waals surface area contributed by atoms with Gasteiger partial charge in [0.15, 0.2) is 11.0 Å². The first-order valence-corrected chi connectivity index (χ1v) is 4.64. The van der Waals surface area contributed by atoms with Gasteiger partial charge in [-0.05, 0) is 11.4 Å². The summed E-state index contributed by atoms with van der Waals surface area (Å²) in [5, 5.41) is 5.66. The second kappa shape index (κ2) is 4.04. The zero-order valence-electron chi connectivity index (χ0n) is 7.12. The van der Waals surface area contributed by atoms with E-state index in [1.54, 1.807) is 13.3 Å². The maximum atomic E-state index is 11.2. The molecule has 13 heavy (non-hydrogen) atoms. The van der Waals surface area contributed by atoms with Gasteiger partial charge in [0.2, 0.25) is 5.69 Å². The molecule has 6 nitrogen and oxygen atoms in total. The molecule has 70 valence electrons. The van der Waals surface area contributed by atoms with E-state index in [1.165, 1.54) is 11.8 Å². The first kappa shape index (κ1) is 9.72. The molecule has 0 amide bonds. The molecule has 0 aliphatic carbocycles. The molecule has 0 aromatic carbocycles. The molecule has 1 aromatic heterocycles. The lowest BCUT2D eigenvalue weighted by Gasteiger charge is -2.02. The summed E-state index contributed by atoms with van der Waals surface area (Å²) in [7, 11) is 1.57. The van der Waals surface area contributed by atoms with Crippen molar-refractivity contribution in [2.75, 3.05) is 18.6 Å². The first-order chi connectivity index (χ1) is 6.22. The molecule has 0 bridgehead atoms. The minimum atomic E-state index is -0.529. The van der Waals surface area contributed by atoms with Gasteiger partial charge >= 0.3 is 0 Å². The second-order valence-electron chi connectivity index (χ2n) is 2.11. The summed E-state index contributed by atoms with van der Waals surface area (Å²) in [6.45, 7) is 0. The van der Waals surface area contributed by atoms with Crippen LogP contribution in [-0.4, -0.2) is 23.3 Å². The molecule has 0 fully saturated rings. The highest BCUT2D eigenvalue weighted by molar-refractivity contribution is 7.98. The number of aromatic nitrogens is 2. The predicted octanol–water partition coefficient (Wildman–Crippen LogP) is 0.931. The van der Waals surface area contributed by atoms with Crippen molar-refractivity contribution in [2.45, 2.75) is 5.16 Å². The molecule has 0 radical (unpaired) electrons. The minimum absolute atomic E-state index is 0.197. The van der Waals surface area contributed by atoms with E-state index < -0.39 is 5.56 Å². The van der Waals surface area contributed by atoms with Crippen LogP contribution >= 0.6 is 11.8 Å². The van der Waals surface area contributed by atoms with E-state index in [0.29, 0.717) is 5.16 Å². The third-order valence-corrected chi connectivity index (χ3v) is 1.97. The van der Waals surface area contributed by atoms with Crippen LogP contribution in [0.15, 0.2) is 15.1 Å². The van der Waals surface area contributed by atoms with Gasteiger partial charge in [0, 0.05) is 7.05 Å². The number of hydrogen-bond acceptors (Lipinski definition) is 6. The summed E-state index contributed by atoms with van der Waals surface area (Å²) >= 11 is 1.28. The molecule has 1 aromatic rings. The SMILES string of the molecule is CNc1nc(SC)[nH]c(=O)c1N=O. The largest absolute Gasteiger partial charge is 0.371 e. The second-order valence-corrected chi connectivity index (χ2v) is 2.91. The van der Waals surface area contributed by atoms with E-state index >= 15 is 0 Å². The van der Waals surface area contributed by atoms with Gasteiger partial charge in [0.25, 0.3) is 5.56 Å². The highest BCUT2D eigenvalue weighted by Gasteiger charge is 2.09. The first-order valence-electron chi connectivity index (χ1n) is 3.42. The number of H-pyrrole nitrogens is 1. The lowest BCUT2D eigenvalue weighted by atomic mass is 10.5. The molecule has 0 atom stereocenters. The zero-order valence-corrected chi connectivity index (χ0v) is 7.94. The average Bonchev–Trinajstić information content (AvgIpc) is 2.16. The van der Waals surface area contributed by atoms with Crippen molar-refractivity contribution in [3.05, 3.63) is 15.3 Å². The molecule has 0 saturated heterocycles. The van der Waals surface area contributed by atoms with E-state index in [2.05, 4.69) is 20.5 Å². The smallest absolute Gasteiger partial charge is 0.283 e. The quantitative estimate of drug-likeness (QED) is 0.430. The average molecular weight is 200 g/mol. The van der Waals surface area contributed by atoms with Crippen molar-refractivity contribution in [2.24, 2.45) is 5.18 Å². The normalized spacial score (nSPS) is 9.69. The summed E-state index contributed by atoms with van der Waals surface area (Å²) in [5.74, 6) is 0.197. The fraction of sp³-hybridized carbons (Fsp3) is 0.333. The van der Waals surface area contributed by atoms with Gasteiger partial charge in [-0.2, -0.15) is 0 Å². The van der Waals surface area contributed by atoms with E-state index in [4.69, 9.17) is 0 Å². The van der Waals surface area contributed by atoms with E-state index in [1.807, 2.05) is 0 Å². The predicted molar refractivity (Wildman–Crippen MR) is 51.6 cm³/mol. The lowest BCUT2D eigenvalue weighted by molar-refractivity contribution is 0.940.